The Hall–Kier alpha value is -3.65. The van der Waals surface area contributed by atoms with Crippen molar-refractivity contribution in [3.8, 4) is 11.5 Å². The zero-order chi connectivity index (χ0) is 23.2. The van der Waals surface area contributed by atoms with Crippen molar-refractivity contribution in [3.05, 3.63) is 76.7 Å². The number of ether oxygens (including phenoxy) is 3. The molecule has 1 saturated heterocycles. The predicted octanol–water partition coefficient (Wildman–Crippen LogP) is 3.32. The first-order valence-electron chi connectivity index (χ1n) is 10.9. The summed E-state index contributed by atoms with van der Waals surface area (Å²) in [6, 6.07) is 12.5. The van der Waals surface area contributed by atoms with Gasteiger partial charge in [0.2, 0.25) is 0 Å². The Balaban J connectivity index is 1.66. The van der Waals surface area contributed by atoms with E-state index in [0.29, 0.717) is 48.6 Å². The molecule has 1 amide bonds. The number of fused-ring (bicyclic) bond motifs is 1. The van der Waals surface area contributed by atoms with Gasteiger partial charge in [-0.1, -0.05) is 36.9 Å². The quantitative estimate of drug-likeness (QED) is 0.504. The number of H-pyrrole nitrogens is 1. The maximum atomic E-state index is 13.6. The molecule has 0 saturated carbocycles. The molecule has 3 aromatic rings. The van der Waals surface area contributed by atoms with Gasteiger partial charge in [0.05, 0.1) is 18.6 Å². The molecule has 4 rings (SSSR count). The molecule has 1 atom stereocenters. The monoisotopic (exact) mass is 449 g/mol. The molecule has 8 nitrogen and oxygen atoms in total. The molecule has 172 valence electrons. The lowest BCUT2D eigenvalue weighted by Gasteiger charge is -2.26. The van der Waals surface area contributed by atoms with E-state index in [-0.39, 0.29) is 23.3 Å². The fourth-order valence-electron chi connectivity index (χ4n) is 3.98. The van der Waals surface area contributed by atoms with E-state index in [2.05, 4.69) is 16.8 Å². The molecule has 2 heterocycles. The molecule has 0 spiro atoms. The summed E-state index contributed by atoms with van der Waals surface area (Å²) in [6.45, 7) is 5.46. The number of aromatic nitrogens is 2. The van der Waals surface area contributed by atoms with Crippen molar-refractivity contribution < 1.29 is 19.0 Å². The highest BCUT2D eigenvalue weighted by Crippen LogP contribution is 2.29. The van der Waals surface area contributed by atoms with Crippen LogP contribution in [0.25, 0.3) is 10.8 Å². The van der Waals surface area contributed by atoms with Gasteiger partial charge in [0.15, 0.2) is 17.2 Å². The van der Waals surface area contributed by atoms with Gasteiger partial charge >= 0.3 is 0 Å². The normalized spacial score (nSPS) is 15.4. The lowest BCUT2D eigenvalue weighted by molar-refractivity contribution is 0.0503. The van der Waals surface area contributed by atoms with Crippen LogP contribution in [0.1, 0.15) is 28.9 Å². The standard InChI is InChI=1S/C25H27N3O5/c1-3-12-33-21-11-10-17(14-22(21)31-2)15-28(16-18-7-6-13-32-18)25(30)23-19-8-4-5-9-20(19)24(29)27-26-23/h3-5,8-11,14,18H,1,6-7,12-13,15-16H2,2H3,(H,27,29)/t18-/m0/s1. The van der Waals surface area contributed by atoms with Crippen LogP contribution in [-0.4, -0.2) is 54.0 Å². The van der Waals surface area contributed by atoms with Crippen LogP contribution >= 0.6 is 0 Å². The summed E-state index contributed by atoms with van der Waals surface area (Å²) in [5, 5.41) is 7.51. The Bertz CT molecular complexity index is 1200. The minimum atomic E-state index is -0.326. The second-order valence-corrected chi connectivity index (χ2v) is 7.85. The molecule has 1 aromatic heterocycles. The predicted molar refractivity (Wildman–Crippen MR) is 125 cm³/mol. The third-order valence-electron chi connectivity index (χ3n) is 5.59. The molecular formula is C25H27N3O5. The molecule has 33 heavy (non-hydrogen) atoms. The van der Waals surface area contributed by atoms with Crippen molar-refractivity contribution in [2.75, 3.05) is 26.9 Å². The molecule has 0 radical (unpaired) electrons. The van der Waals surface area contributed by atoms with E-state index in [0.717, 1.165) is 18.4 Å². The molecule has 0 unspecified atom stereocenters. The molecule has 1 aliphatic heterocycles. The lowest BCUT2D eigenvalue weighted by Crippen LogP contribution is -2.38. The second-order valence-electron chi connectivity index (χ2n) is 7.85. The molecule has 1 aliphatic rings. The topological polar surface area (TPSA) is 93.8 Å². The van der Waals surface area contributed by atoms with Crippen LogP contribution in [0.15, 0.2) is 59.9 Å². The van der Waals surface area contributed by atoms with Crippen LogP contribution in [0.4, 0.5) is 0 Å². The minimum Gasteiger partial charge on any atom is -0.493 e. The van der Waals surface area contributed by atoms with Crippen LogP contribution < -0.4 is 15.0 Å². The van der Waals surface area contributed by atoms with Crippen molar-refractivity contribution in [2.24, 2.45) is 0 Å². The zero-order valence-electron chi connectivity index (χ0n) is 18.6. The average molecular weight is 450 g/mol. The summed E-state index contributed by atoms with van der Waals surface area (Å²) in [6.07, 6.45) is 3.48. The number of nitrogens with one attached hydrogen (secondary N) is 1. The molecule has 1 fully saturated rings. The number of amides is 1. The molecule has 1 N–H and O–H groups in total. The van der Waals surface area contributed by atoms with Gasteiger partial charge in [0.25, 0.3) is 11.5 Å². The Kier molecular flexibility index (Phi) is 7.04. The fraction of sp³-hybridized carbons (Fsp3) is 0.320. The number of hydrogen-bond donors (Lipinski definition) is 1. The number of benzene rings is 2. The first-order chi connectivity index (χ1) is 16.1. The third-order valence-corrected chi connectivity index (χ3v) is 5.59. The van der Waals surface area contributed by atoms with E-state index in [9.17, 15) is 9.59 Å². The van der Waals surface area contributed by atoms with Gasteiger partial charge in [-0.2, -0.15) is 5.10 Å². The lowest BCUT2D eigenvalue weighted by atomic mass is 10.1. The largest absolute Gasteiger partial charge is 0.493 e. The van der Waals surface area contributed by atoms with Crippen LogP contribution in [0.5, 0.6) is 11.5 Å². The minimum absolute atomic E-state index is 0.0416. The summed E-state index contributed by atoms with van der Waals surface area (Å²) < 4.78 is 16.9. The van der Waals surface area contributed by atoms with Crippen molar-refractivity contribution in [3.63, 3.8) is 0 Å². The number of aromatic amines is 1. The van der Waals surface area contributed by atoms with E-state index in [1.54, 1.807) is 42.4 Å². The van der Waals surface area contributed by atoms with Gasteiger partial charge in [0.1, 0.15) is 6.61 Å². The van der Waals surface area contributed by atoms with Gasteiger partial charge in [-0.15, -0.1) is 0 Å². The third kappa shape index (κ3) is 5.06. The molecule has 2 aromatic carbocycles. The van der Waals surface area contributed by atoms with E-state index < -0.39 is 0 Å². The van der Waals surface area contributed by atoms with Crippen LogP contribution in [0.2, 0.25) is 0 Å². The summed E-state index contributed by atoms with van der Waals surface area (Å²) in [5.41, 5.74) is 0.756. The molecule has 0 bridgehead atoms. The van der Waals surface area contributed by atoms with E-state index in [1.165, 1.54) is 0 Å². The first-order valence-corrected chi connectivity index (χ1v) is 10.9. The van der Waals surface area contributed by atoms with Crippen molar-refractivity contribution >= 4 is 16.7 Å². The first kappa shape index (κ1) is 22.5. The van der Waals surface area contributed by atoms with Crippen LogP contribution in [0.3, 0.4) is 0 Å². The van der Waals surface area contributed by atoms with Gasteiger partial charge in [-0.05, 0) is 36.6 Å². The second kappa shape index (κ2) is 10.3. The molecule has 0 aliphatic carbocycles. The van der Waals surface area contributed by atoms with Gasteiger partial charge in [-0.3, -0.25) is 9.59 Å². The number of carbonyl (C=O) groups is 1. The summed E-state index contributed by atoms with van der Waals surface area (Å²) in [4.78, 5) is 27.5. The highest BCUT2D eigenvalue weighted by Gasteiger charge is 2.26. The number of carbonyl (C=O) groups excluding carboxylic acids is 1. The SMILES string of the molecule is C=CCOc1ccc(CN(C[C@@H]2CCCO2)C(=O)c2n[nH]c(=O)c3ccccc23)cc1OC. The van der Waals surface area contributed by atoms with E-state index >= 15 is 0 Å². The summed E-state index contributed by atoms with van der Waals surface area (Å²) in [7, 11) is 1.57. The smallest absolute Gasteiger partial charge is 0.275 e. The van der Waals surface area contributed by atoms with Crippen molar-refractivity contribution in [1.82, 2.24) is 15.1 Å². The Labute approximate surface area is 191 Å². The fourth-order valence-corrected chi connectivity index (χ4v) is 3.98. The Morgan fingerprint density at radius 1 is 1.27 bits per heavy atom. The maximum Gasteiger partial charge on any atom is 0.275 e. The number of rotatable bonds is 9. The Morgan fingerprint density at radius 3 is 2.82 bits per heavy atom. The van der Waals surface area contributed by atoms with E-state index in [4.69, 9.17) is 14.2 Å². The van der Waals surface area contributed by atoms with Gasteiger partial charge in [-0.25, -0.2) is 5.10 Å². The number of methoxy groups -OCH3 is 1. The zero-order valence-corrected chi connectivity index (χ0v) is 18.6. The van der Waals surface area contributed by atoms with Gasteiger partial charge < -0.3 is 19.1 Å². The van der Waals surface area contributed by atoms with Gasteiger partial charge in [0, 0.05) is 25.1 Å². The number of nitrogens with zero attached hydrogens (tertiary/aromatic N) is 2. The number of hydrogen-bond acceptors (Lipinski definition) is 6. The maximum absolute atomic E-state index is 13.6. The highest BCUT2D eigenvalue weighted by atomic mass is 16.5. The molecule has 8 heteroatoms. The Morgan fingerprint density at radius 2 is 2.09 bits per heavy atom. The highest BCUT2D eigenvalue weighted by molar-refractivity contribution is 6.04. The van der Waals surface area contributed by atoms with E-state index in [1.807, 2.05) is 18.2 Å². The summed E-state index contributed by atoms with van der Waals surface area (Å²) >= 11 is 0. The van der Waals surface area contributed by atoms with Crippen molar-refractivity contribution in [1.29, 1.82) is 0 Å². The summed E-state index contributed by atoms with van der Waals surface area (Å²) in [5.74, 6) is 0.904. The van der Waals surface area contributed by atoms with Crippen LogP contribution in [-0.2, 0) is 11.3 Å². The van der Waals surface area contributed by atoms with Crippen molar-refractivity contribution in [2.45, 2.75) is 25.5 Å². The van der Waals surface area contributed by atoms with Crippen LogP contribution in [0, 0.1) is 0 Å². The average Bonchev–Trinajstić information content (AvgIpc) is 3.36. The molecular weight excluding hydrogens is 422 g/mol.